The summed E-state index contributed by atoms with van der Waals surface area (Å²) in [6.45, 7) is 4.16. The van der Waals surface area contributed by atoms with Crippen molar-refractivity contribution in [3.63, 3.8) is 0 Å². The molecule has 0 unspecified atom stereocenters. The van der Waals surface area contributed by atoms with E-state index in [-0.39, 0.29) is 30.0 Å². The summed E-state index contributed by atoms with van der Waals surface area (Å²) in [5.74, 6) is 1.07. The van der Waals surface area contributed by atoms with Crippen LogP contribution in [0.1, 0.15) is 42.6 Å². The third kappa shape index (κ3) is 6.14. The molecule has 1 atom stereocenters. The van der Waals surface area contributed by atoms with E-state index in [1.807, 2.05) is 0 Å². The molecule has 0 fully saturated rings. The number of ketones is 1. The van der Waals surface area contributed by atoms with Crippen LogP contribution in [0.25, 0.3) is 0 Å². The van der Waals surface area contributed by atoms with Gasteiger partial charge >= 0.3 is 0 Å². The van der Waals surface area contributed by atoms with Gasteiger partial charge in [-0.25, -0.2) is 0 Å². The van der Waals surface area contributed by atoms with Gasteiger partial charge in [0.1, 0.15) is 0 Å². The van der Waals surface area contributed by atoms with Gasteiger partial charge in [-0.2, -0.15) is 0 Å². The lowest BCUT2D eigenvalue weighted by atomic mass is 10.1. The van der Waals surface area contributed by atoms with Crippen LogP contribution in [0.4, 0.5) is 0 Å². The van der Waals surface area contributed by atoms with E-state index in [2.05, 4.69) is 24.0 Å². The van der Waals surface area contributed by atoms with Crippen LogP contribution in [0, 0.1) is 5.92 Å². The molecular formula is C15H18Cl2N3O2S-. The highest BCUT2D eigenvalue weighted by Crippen LogP contribution is 2.23. The number of hydrogen-bond acceptors (Lipinski definition) is 6. The van der Waals surface area contributed by atoms with Crippen molar-refractivity contribution < 1.29 is 21.6 Å². The predicted molar refractivity (Wildman–Crippen MR) is 87.2 cm³/mol. The number of Topliss-reactive ketones (excluding diaryl/α,β-unsaturated/α-hetero) is 1. The van der Waals surface area contributed by atoms with E-state index in [1.54, 1.807) is 24.3 Å². The van der Waals surface area contributed by atoms with Gasteiger partial charge < -0.3 is 22.6 Å². The quantitative estimate of drug-likeness (QED) is 0.568. The number of carbonyl (C=O) groups is 1. The highest BCUT2D eigenvalue weighted by molar-refractivity contribution is 7.99. The molecule has 0 spiro atoms. The maximum absolute atomic E-state index is 12.0. The smallest absolute Gasteiger partial charge is 0.277 e. The molecule has 23 heavy (non-hydrogen) atoms. The molecular weight excluding hydrogens is 357 g/mol. The first kappa shape index (κ1) is 20.0. The highest BCUT2D eigenvalue weighted by Gasteiger charge is 2.17. The van der Waals surface area contributed by atoms with Gasteiger partial charge in [0.05, 0.1) is 11.8 Å². The molecule has 1 heterocycles. The number of halogens is 2. The molecule has 0 saturated carbocycles. The second-order valence-electron chi connectivity index (χ2n) is 5.36. The molecule has 126 valence electrons. The van der Waals surface area contributed by atoms with Gasteiger partial charge in [0.2, 0.25) is 5.89 Å². The van der Waals surface area contributed by atoms with Crippen LogP contribution in [0.3, 0.4) is 0 Å². The highest BCUT2D eigenvalue weighted by atomic mass is 35.5. The molecule has 0 radical (unpaired) electrons. The van der Waals surface area contributed by atoms with Crippen LogP contribution < -0.4 is 18.1 Å². The summed E-state index contributed by atoms with van der Waals surface area (Å²) in [6.07, 6.45) is 0.774. The lowest BCUT2D eigenvalue weighted by molar-refractivity contribution is -0.0000130. The Hall–Kier alpha value is -1.08. The van der Waals surface area contributed by atoms with E-state index in [1.165, 1.54) is 11.8 Å². The van der Waals surface area contributed by atoms with Crippen molar-refractivity contribution in [1.29, 1.82) is 0 Å². The van der Waals surface area contributed by atoms with E-state index in [4.69, 9.17) is 21.8 Å². The first-order valence-electron chi connectivity index (χ1n) is 6.96. The number of nitrogens with zero attached hydrogens (tertiary/aromatic N) is 2. The van der Waals surface area contributed by atoms with Gasteiger partial charge in [0, 0.05) is 10.6 Å². The average molecular weight is 375 g/mol. The van der Waals surface area contributed by atoms with E-state index in [0.717, 1.165) is 6.42 Å². The van der Waals surface area contributed by atoms with Crippen LogP contribution in [0.15, 0.2) is 33.9 Å². The zero-order valence-electron chi connectivity index (χ0n) is 12.8. The SMILES string of the molecule is CC(C)C[C@@H](N)c1nnc(SCC(=O)c2ccc(Cl)cc2)o1.[Cl-]. The van der Waals surface area contributed by atoms with E-state index < -0.39 is 0 Å². The van der Waals surface area contributed by atoms with Gasteiger partial charge in [0.15, 0.2) is 5.78 Å². The van der Waals surface area contributed by atoms with Gasteiger partial charge in [-0.15, -0.1) is 10.2 Å². The molecule has 5 nitrogen and oxygen atoms in total. The third-order valence-corrected chi connectivity index (χ3v) is 4.03. The predicted octanol–water partition coefficient (Wildman–Crippen LogP) is 0.748. The lowest BCUT2D eigenvalue weighted by Crippen LogP contribution is -3.00. The minimum Gasteiger partial charge on any atom is -1.00 e. The average Bonchev–Trinajstić information content (AvgIpc) is 2.94. The topological polar surface area (TPSA) is 82.0 Å². The summed E-state index contributed by atoms with van der Waals surface area (Å²) in [7, 11) is 0. The summed E-state index contributed by atoms with van der Waals surface area (Å²) in [4.78, 5) is 12.0. The van der Waals surface area contributed by atoms with Crippen LogP contribution in [-0.4, -0.2) is 21.7 Å². The third-order valence-electron chi connectivity index (χ3n) is 2.96. The van der Waals surface area contributed by atoms with Crippen molar-refractivity contribution in [2.75, 3.05) is 5.75 Å². The number of nitrogens with two attached hydrogens (primary N) is 1. The molecule has 8 heteroatoms. The molecule has 1 aromatic carbocycles. The Morgan fingerprint density at radius 1 is 1.30 bits per heavy atom. The number of thioether (sulfide) groups is 1. The molecule has 2 aromatic rings. The van der Waals surface area contributed by atoms with E-state index in [0.29, 0.717) is 27.6 Å². The summed E-state index contributed by atoms with van der Waals surface area (Å²) >= 11 is 7.00. The molecule has 2 rings (SSSR count). The maximum Gasteiger partial charge on any atom is 0.277 e. The molecule has 2 N–H and O–H groups in total. The van der Waals surface area contributed by atoms with Crippen molar-refractivity contribution in [3.05, 3.63) is 40.7 Å². The number of rotatable bonds is 7. The van der Waals surface area contributed by atoms with Gasteiger partial charge in [-0.3, -0.25) is 4.79 Å². The molecule has 0 saturated heterocycles. The fourth-order valence-corrected chi connectivity index (χ4v) is 2.67. The van der Waals surface area contributed by atoms with Crippen LogP contribution in [0.5, 0.6) is 0 Å². The fourth-order valence-electron chi connectivity index (χ4n) is 1.88. The standard InChI is InChI=1S/C15H18ClN3O2S.ClH/c1-9(2)7-12(17)14-18-19-15(21-14)22-8-13(20)10-3-5-11(16)6-4-10;/h3-6,9,12H,7-8,17H2,1-2H3;1H/p-1/t12-;/m1./s1. The summed E-state index contributed by atoms with van der Waals surface area (Å²) in [6, 6.07) is 6.50. The minimum absolute atomic E-state index is 0. The number of benzene rings is 1. The van der Waals surface area contributed by atoms with E-state index in [9.17, 15) is 4.79 Å². The maximum atomic E-state index is 12.0. The summed E-state index contributed by atoms with van der Waals surface area (Å²) in [5.41, 5.74) is 6.59. The van der Waals surface area contributed by atoms with E-state index >= 15 is 0 Å². The Kier molecular flexibility index (Phi) is 8.05. The van der Waals surface area contributed by atoms with Crippen LogP contribution >= 0.6 is 23.4 Å². The van der Waals surface area contributed by atoms with Gasteiger partial charge in [-0.05, 0) is 36.6 Å². The monoisotopic (exact) mass is 374 g/mol. The molecule has 0 amide bonds. The Bertz CT molecular complexity index is 632. The number of carbonyl (C=O) groups excluding carboxylic acids is 1. The Morgan fingerprint density at radius 2 is 1.96 bits per heavy atom. The van der Waals surface area contributed by atoms with Crippen molar-refractivity contribution >= 4 is 29.1 Å². The Labute approximate surface area is 150 Å². The first-order valence-corrected chi connectivity index (χ1v) is 8.32. The zero-order valence-corrected chi connectivity index (χ0v) is 15.2. The number of aromatic nitrogens is 2. The van der Waals surface area contributed by atoms with Crippen molar-refractivity contribution in [2.45, 2.75) is 31.5 Å². The second kappa shape index (κ2) is 9.27. The number of hydrogen-bond donors (Lipinski definition) is 1. The summed E-state index contributed by atoms with van der Waals surface area (Å²) < 4.78 is 5.49. The second-order valence-corrected chi connectivity index (χ2v) is 6.72. The molecule has 0 bridgehead atoms. The Balaban J connectivity index is 0.00000264. The minimum atomic E-state index is -0.270. The lowest BCUT2D eigenvalue weighted by Gasteiger charge is -2.08. The van der Waals surface area contributed by atoms with Crippen LogP contribution in [0.2, 0.25) is 5.02 Å². The van der Waals surface area contributed by atoms with Crippen molar-refractivity contribution in [2.24, 2.45) is 11.7 Å². The van der Waals surface area contributed by atoms with Gasteiger partial charge in [-0.1, -0.05) is 37.2 Å². The fraction of sp³-hybridized carbons (Fsp3) is 0.400. The molecule has 0 aliphatic heterocycles. The van der Waals surface area contributed by atoms with Gasteiger partial charge in [0.25, 0.3) is 5.22 Å². The normalized spacial score (nSPS) is 12.0. The molecule has 0 aliphatic rings. The van der Waals surface area contributed by atoms with Crippen molar-refractivity contribution in [3.8, 4) is 0 Å². The zero-order chi connectivity index (χ0) is 16.1. The molecule has 1 aromatic heterocycles. The largest absolute Gasteiger partial charge is 1.00 e. The van der Waals surface area contributed by atoms with Crippen molar-refractivity contribution in [1.82, 2.24) is 10.2 Å². The van der Waals surface area contributed by atoms with Crippen LogP contribution in [-0.2, 0) is 0 Å². The Morgan fingerprint density at radius 3 is 2.57 bits per heavy atom. The first-order chi connectivity index (χ1) is 10.5. The molecule has 0 aliphatic carbocycles. The summed E-state index contributed by atoms with van der Waals surface area (Å²) in [5, 5.41) is 8.82.